The van der Waals surface area contributed by atoms with Crippen LogP contribution in [0.15, 0.2) is 5.38 Å². The van der Waals surface area contributed by atoms with Crippen molar-refractivity contribution in [1.82, 2.24) is 15.6 Å². The number of hydrogen-bond acceptors (Lipinski definition) is 4. The van der Waals surface area contributed by atoms with E-state index in [-0.39, 0.29) is 17.0 Å². The Kier molecular flexibility index (Phi) is 6.26. The molecule has 0 bridgehead atoms. The summed E-state index contributed by atoms with van der Waals surface area (Å²) in [5.41, 5.74) is -0.958. The summed E-state index contributed by atoms with van der Waals surface area (Å²) in [6.45, 7) is 1.75. The lowest BCUT2D eigenvalue weighted by Gasteiger charge is -2.27. The van der Waals surface area contributed by atoms with E-state index < -0.39 is 29.9 Å². The van der Waals surface area contributed by atoms with Crippen molar-refractivity contribution in [2.75, 3.05) is 0 Å². The fourth-order valence-electron chi connectivity index (χ4n) is 2.79. The van der Waals surface area contributed by atoms with Gasteiger partial charge in [0.2, 0.25) is 0 Å². The van der Waals surface area contributed by atoms with Gasteiger partial charge in [0.15, 0.2) is 5.69 Å². The second-order valence-corrected chi connectivity index (χ2v) is 6.92. The van der Waals surface area contributed by atoms with Gasteiger partial charge >= 0.3 is 18.2 Å². The molecular weight excluding hydrogens is 359 g/mol. The fraction of sp³-hybridized carbons (Fsp3) is 0.667. The largest absolute Gasteiger partial charge is 0.481 e. The van der Waals surface area contributed by atoms with Gasteiger partial charge in [-0.25, -0.2) is 9.78 Å². The number of carbonyl (C=O) groups is 2. The number of urea groups is 1. The Balaban J connectivity index is 1.88. The molecule has 0 saturated heterocycles. The Labute approximate surface area is 146 Å². The van der Waals surface area contributed by atoms with Crippen LogP contribution in [0.5, 0.6) is 0 Å². The third kappa shape index (κ3) is 5.32. The summed E-state index contributed by atoms with van der Waals surface area (Å²) in [6, 6.07) is -1.21. The molecule has 25 heavy (non-hydrogen) atoms. The Morgan fingerprint density at radius 1 is 1.36 bits per heavy atom. The number of aliphatic carboxylic acids is 1. The van der Waals surface area contributed by atoms with Gasteiger partial charge in [-0.3, -0.25) is 4.79 Å². The monoisotopic (exact) mass is 379 g/mol. The minimum Gasteiger partial charge on any atom is -0.481 e. The number of alkyl halides is 3. The fourth-order valence-corrected chi connectivity index (χ4v) is 3.75. The number of carbonyl (C=O) groups excluding carboxylic acids is 1. The van der Waals surface area contributed by atoms with E-state index in [2.05, 4.69) is 15.6 Å². The molecule has 1 aromatic rings. The van der Waals surface area contributed by atoms with Crippen LogP contribution >= 0.6 is 11.3 Å². The van der Waals surface area contributed by atoms with Gasteiger partial charge in [0.05, 0.1) is 12.0 Å². The Bertz CT molecular complexity index is 613. The van der Waals surface area contributed by atoms with Crippen LogP contribution in [0, 0.1) is 5.92 Å². The highest BCUT2D eigenvalue weighted by molar-refractivity contribution is 7.09. The third-order valence-corrected chi connectivity index (χ3v) is 5.19. The minimum absolute atomic E-state index is 0.130. The molecule has 1 fully saturated rings. The van der Waals surface area contributed by atoms with Crippen molar-refractivity contribution in [3.8, 4) is 0 Å². The number of hydrogen-bond donors (Lipinski definition) is 3. The van der Waals surface area contributed by atoms with Crippen molar-refractivity contribution < 1.29 is 27.9 Å². The average Bonchev–Trinajstić information content (AvgIpc) is 3.03. The quantitative estimate of drug-likeness (QED) is 0.730. The first-order valence-corrected chi connectivity index (χ1v) is 8.91. The van der Waals surface area contributed by atoms with E-state index in [9.17, 15) is 22.8 Å². The summed E-state index contributed by atoms with van der Waals surface area (Å²) < 4.78 is 37.9. The summed E-state index contributed by atoms with van der Waals surface area (Å²) in [5.74, 6) is -1.20. The van der Waals surface area contributed by atoms with Gasteiger partial charge in [-0.15, -0.1) is 11.3 Å². The summed E-state index contributed by atoms with van der Waals surface area (Å²) in [4.78, 5) is 26.6. The molecule has 10 heteroatoms. The Morgan fingerprint density at radius 2 is 2.00 bits per heavy atom. The van der Waals surface area contributed by atoms with E-state index in [0.717, 1.165) is 16.7 Å². The molecule has 0 spiro atoms. The summed E-state index contributed by atoms with van der Waals surface area (Å²) in [7, 11) is 0. The molecule has 1 saturated carbocycles. The van der Waals surface area contributed by atoms with Crippen LogP contribution in [0.25, 0.3) is 0 Å². The van der Waals surface area contributed by atoms with E-state index >= 15 is 0 Å². The molecule has 1 unspecified atom stereocenters. The van der Waals surface area contributed by atoms with Gasteiger partial charge in [-0.1, -0.05) is 6.92 Å². The number of thiazole rings is 1. The molecule has 0 radical (unpaired) electrons. The molecule has 6 nitrogen and oxygen atoms in total. The number of halogens is 3. The van der Waals surface area contributed by atoms with E-state index in [1.165, 1.54) is 0 Å². The van der Waals surface area contributed by atoms with Crippen molar-refractivity contribution in [3.05, 3.63) is 16.1 Å². The molecular formula is C15H20F3N3O3S. The Morgan fingerprint density at radius 3 is 2.48 bits per heavy atom. The number of carboxylic acids is 1. The SMILES string of the molecule is CCC(NC(=O)NC1CCC(C(=O)O)CC1)c1nc(C(F)(F)F)cs1. The van der Waals surface area contributed by atoms with Gasteiger partial charge in [-0.2, -0.15) is 13.2 Å². The highest BCUT2D eigenvalue weighted by atomic mass is 32.1. The normalized spacial score (nSPS) is 22.2. The van der Waals surface area contributed by atoms with Crippen molar-refractivity contribution in [2.45, 2.75) is 57.3 Å². The molecule has 0 aliphatic heterocycles. The molecule has 1 atom stereocenters. The summed E-state index contributed by atoms with van der Waals surface area (Å²) >= 11 is 0.862. The summed E-state index contributed by atoms with van der Waals surface area (Å²) in [5, 5.41) is 15.5. The van der Waals surface area contributed by atoms with E-state index in [1.54, 1.807) is 6.92 Å². The standard InChI is InChI=1S/C15H20F3N3O3S/c1-2-10(12-21-11(7-25-12)15(16,17)18)20-14(24)19-9-5-3-8(4-6-9)13(22)23/h7-10H,2-6H2,1H3,(H,22,23)(H2,19,20,24). The second kappa shape index (κ2) is 8.03. The molecule has 1 aromatic heterocycles. The molecule has 1 heterocycles. The maximum Gasteiger partial charge on any atom is 0.434 e. The van der Waals surface area contributed by atoms with Gasteiger partial charge < -0.3 is 15.7 Å². The molecule has 2 rings (SSSR count). The van der Waals surface area contributed by atoms with Crippen molar-refractivity contribution in [3.63, 3.8) is 0 Å². The van der Waals surface area contributed by atoms with Crippen LogP contribution in [0.3, 0.4) is 0 Å². The van der Waals surface area contributed by atoms with E-state index in [4.69, 9.17) is 5.11 Å². The van der Waals surface area contributed by atoms with E-state index in [1.807, 2.05) is 0 Å². The first-order chi connectivity index (χ1) is 11.7. The van der Waals surface area contributed by atoms with Crippen LogP contribution in [-0.2, 0) is 11.0 Å². The molecule has 140 valence electrons. The average molecular weight is 379 g/mol. The van der Waals surface area contributed by atoms with Crippen LogP contribution in [0.2, 0.25) is 0 Å². The molecule has 0 aromatic carbocycles. The van der Waals surface area contributed by atoms with Gasteiger partial charge in [0.25, 0.3) is 0 Å². The van der Waals surface area contributed by atoms with Crippen molar-refractivity contribution in [1.29, 1.82) is 0 Å². The smallest absolute Gasteiger partial charge is 0.434 e. The van der Waals surface area contributed by atoms with Crippen LogP contribution in [0.4, 0.5) is 18.0 Å². The van der Waals surface area contributed by atoms with Gasteiger partial charge in [0, 0.05) is 11.4 Å². The number of aromatic nitrogens is 1. The number of rotatable bonds is 5. The lowest BCUT2D eigenvalue weighted by Crippen LogP contribution is -2.45. The molecule has 2 amide bonds. The van der Waals surface area contributed by atoms with Crippen molar-refractivity contribution >= 4 is 23.3 Å². The predicted octanol–water partition coefficient (Wildman–Crippen LogP) is 3.56. The Hall–Kier alpha value is -1.84. The van der Waals surface area contributed by atoms with Crippen LogP contribution < -0.4 is 10.6 Å². The highest BCUT2D eigenvalue weighted by Crippen LogP contribution is 2.32. The first-order valence-electron chi connectivity index (χ1n) is 8.03. The number of nitrogens with zero attached hydrogens (tertiary/aromatic N) is 1. The van der Waals surface area contributed by atoms with E-state index in [0.29, 0.717) is 32.1 Å². The lowest BCUT2D eigenvalue weighted by molar-refractivity contribution is -0.143. The highest BCUT2D eigenvalue weighted by Gasteiger charge is 2.34. The van der Waals surface area contributed by atoms with Crippen LogP contribution in [-0.4, -0.2) is 28.1 Å². The number of carboxylic acid groups (broad SMARTS) is 1. The maximum absolute atomic E-state index is 12.6. The number of nitrogens with one attached hydrogen (secondary N) is 2. The van der Waals surface area contributed by atoms with Gasteiger partial charge in [0.1, 0.15) is 5.01 Å². The molecule has 1 aliphatic rings. The summed E-state index contributed by atoms with van der Waals surface area (Å²) in [6.07, 6.45) is -1.97. The maximum atomic E-state index is 12.6. The minimum atomic E-state index is -4.50. The topological polar surface area (TPSA) is 91.3 Å². The van der Waals surface area contributed by atoms with Crippen LogP contribution in [0.1, 0.15) is 55.8 Å². The molecule has 1 aliphatic carbocycles. The van der Waals surface area contributed by atoms with Crippen molar-refractivity contribution in [2.24, 2.45) is 5.92 Å². The zero-order chi connectivity index (χ0) is 18.6. The zero-order valence-corrected chi connectivity index (χ0v) is 14.4. The molecule has 3 N–H and O–H groups in total. The first kappa shape index (κ1) is 19.5. The zero-order valence-electron chi connectivity index (χ0n) is 13.6. The third-order valence-electron chi connectivity index (χ3n) is 4.24. The number of amides is 2. The predicted molar refractivity (Wildman–Crippen MR) is 85.2 cm³/mol. The second-order valence-electron chi connectivity index (χ2n) is 6.03. The van der Waals surface area contributed by atoms with Gasteiger partial charge in [-0.05, 0) is 32.1 Å². The lowest BCUT2D eigenvalue weighted by atomic mass is 9.86.